The van der Waals surface area contributed by atoms with Gasteiger partial charge in [0.2, 0.25) is 0 Å². The van der Waals surface area contributed by atoms with Gasteiger partial charge in [0, 0.05) is 19.3 Å². The molecule has 0 bridgehead atoms. The lowest BCUT2D eigenvalue weighted by atomic mass is 10.1. The highest BCUT2D eigenvalue weighted by Crippen LogP contribution is 2.15. The normalized spacial score (nSPS) is 13.0. The second-order valence-corrected chi connectivity index (χ2v) is 19.9. The summed E-state index contributed by atoms with van der Waals surface area (Å²) in [6.07, 6.45) is 84.8. The highest BCUT2D eigenvalue weighted by atomic mass is 16.6. The van der Waals surface area contributed by atoms with Crippen LogP contribution in [0.2, 0.25) is 0 Å². The summed E-state index contributed by atoms with van der Waals surface area (Å²) >= 11 is 0. The number of carbonyl (C=O) groups excluding carboxylic acids is 3. The maximum Gasteiger partial charge on any atom is 0.306 e. The second-order valence-electron chi connectivity index (χ2n) is 19.9. The van der Waals surface area contributed by atoms with E-state index in [9.17, 15) is 14.4 Å². The third kappa shape index (κ3) is 58.7. The molecule has 0 heterocycles. The van der Waals surface area contributed by atoms with E-state index in [1.54, 1.807) is 0 Å². The van der Waals surface area contributed by atoms with Crippen molar-refractivity contribution in [1.29, 1.82) is 0 Å². The number of unbranched alkanes of at least 4 members (excludes halogenated alkanes) is 23. The van der Waals surface area contributed by atoms with Crippen molar-refractivity contribution in [3.8, 4) is 0 Å². The fourth-order valence-corrected chi connectivity index (χ4v) is 8.20. The Balaban J connectivity index is 4.31. The van der Waals surface area contributed by atoms with Crippen LogP contribution in [0.5, 0.6) is 0 Å². The monoisotopic (exact) mass is 1020 g/mol. The standard InChI is InChI=1S/C68H112O6/c1-4-7-10-13-16-19-22-24-26-28-30-31-32-33-34-35-36-37-39-40-42-44-46-49-52-55-58-61-67(70)73-64-65(63-72-66(69)60-57-54-51-48-21-18-15-12-9-6-3)74-68(71)62-59-56-53-50-47-45-43-41-38-29-27-25-23-20-17-14-11-8-5-2/h7-8,10-11,16-17,19-20,24-27,30-31,33-34,36-38,41,65H,4-6,9,12-15,18,21-23,28-29,32,35,39-40,42-64H2,1-3H3/b10-7-,11-8-,19-16-,20-17-,26-24-,27-25-,31-30-,34-33-,37-36-,41-38-. The molecule has 6 heteroatoms. The number of hydrogen-bond acceptors (Lipinski definition) is 6. The number of esters is 3. The van der Waals surface area contributed by atoms with Crippen molar-refractivity contribution in [2.75, 3.05) is 13.2 Å². The van der Waals surface area contributed by atoms with Crippen LogP contribution in [0.15, 0.2) is 122 Å². The molecule has 0 aliphatic heterocycles. The quantitative estimate of drug-likeness (QED) is 0.0261. The Morgan fingerprint density at radius 3 is 0.824 bits per heavy atom. The fourth-order valence-electron chi connectivity index (χ4n) is 8.20. The summed E-state index contributed by atoms with van der Waals surface area (Å²) in [7, 11) is 0. The van der Waals surface area contributed by atoms with Gasteiger partial charge in [-0.15, -0.1) is 0 Å². The van der Waals surface area contributed by atoms with Gasteiger partial charge in [-0.3, -0.25) is 14.4 Å². The molecule has 0 aliphatic rings. The molecule has 1 unspecified atom stereocenters. The van der Waals surface area contributed by atoms with Crippen LogP contribution >= 0.6 is 0 Å². The van der Waals surface area contributed by atoms with Crippen LogP contribution in [-0.2, 0) is 28.6 Å². The minimum absolute atomic E-state index is 0.0870. The second kappa shape index (κ2) is 61.4. The zero-order chi connectivity index (χ0) is 53.6. The minimum atomic E-state index is -0.791. The SMILES string of the molecule is CC/C=C\C/C=C\C/C=C\C/C=C\C/C=C\C/C=C\CCCCCCCCCCC(=O)OCC(COC(=O)CCCCCCCCCCCC)OC(=O)CCCCCCCC/C=C\C/C=C\C/C=C\C/C=C\CC. The highest BCUT2D eigenvalue weighted by molar-refractivity contribution is 5.71. The maximum absolute atomic E-state index is 12.9. The van der Waals surface area contributed by atoms with Crippen molar-refractivity contribution in [3.05, 3.63) is 122 Å². The summed E-state index contributed by atoms with van der Waals surface area (Å²) in [4.78, 5) is 38.2. The third-order valence-corrected chi connectivity index (χ3v) is 12.7. The highest BCUT2D eigenvalue weighted by Gasteiger charge is 2.19. The van der Waals surface area contributed by atoms with Crippen LogP contribution < -0.4 is 0 Å². The minimum Gasteiger partial charge on any atom is -0.462 e. The van der Waals surface area contributed by atoms with Crippen molar-refractivity contribution < 1.29 is 28.6 Å². The maximum atomic E-state index is 12.9. The fraction of sp³-hybridized carbons (Fsp3) is 0.662. The zero-order valence-corrected chi connectivity index (χ0v) is 48.1. The molecule has 0 aromatic heterocycles. The molecule has 0 rings (SSSR count). The summed E-state index contributed by atoms with van der Waals surface area (Å²) in [6.45, 7) is 6.39. The van der Waals surface area contributed by atoms with Crippen LogP contribution in [0.25, 0.3) is 0 Å². The topological polar surface area (TPSA) is 78.9 Å². The van der Waals surface area contributed by atoms with Gasteiger partial charge in [0.05, 0.1) is 0 Å². The Hall–Kier alpha value is -4.19. The zero-order valence-electron chi connectivity index (χ0n) is 48.1. The first kappa shape index (κ1) is 69.8. The molecule has 0 saturated heterocycles. The molecule has 0 N–H and O–H groups in total. The molecular formula is C68H112O6. The van der Waals surface area contributed by atoms with Crippen molar-refractivity contribution >= 4 is 17.9 Å². The van der Waals surface area contributed by atoms with Crippen LogP contribution in [0.1, 0.15) is 271 Å². The number of rotatable bonds is 54. The number of carbonyl (C=O) groups is 3. The predicted molar refractivity (Wildman–Crippen MR) is 320 cm³/mol. The summed E-state index contributed by atoms with van der Waals surface area (Å²) < 4.78 is 16.9. The Labute approximate surface area is 456 Å². The molecule has 1 atom stereocenters. The van der Waals surface area contributed by atoms with Gasteiger partial charge in [-0.05, 0) is 109 Å². The average Bonchev–Trinajstić information content (AvgIpc) is 3.40. The van der Waals surface area contributed by atoms with Crippen LogP contribution in [0, 0.1) is 0 Å². The molecule has 0 saturated carbocycles. The predicted octanol–water partition coefficient (Wildman–Crippen LogP) is 20.8. The molecule has 0 amide bonds. The molecular weight excluding hydrogens is 913 g/mol. The third-order valence-electron chi connectivity index (χ3n) is 12.7. The van der Waals surface area contributed by atoms with Gasteiger partial charge in [0.25, 0.3) is 0 Å². The molecule has 6 nitrogen and oxygen atoms in total. The Bertz CT molecular complexity index is 1550. The first-order valence-electron chi connectivity index (χ1n) is 30.5. The molecule has 0 radical (unpaired) electrons. The summed E-state index contributed by atoms with van der Waals surface area (Å²) in [5.41, 5.74) is 0. The summed E-state index contributed by atoms with van der Waals surface area (Å²) in [5.74, 6) is -0.909. The molecule has 74 heavy (non-hydrogen) atoms. The van der Waals surface area contributed by atoms with E-state index >= 15 is 0 Å². The number of ether oxygens (including phenoxy) is 3. The number of hydrogen-bond donors (Lipinski definition) is 0. The lowest BCUT2D eigenvalue weighted by Crippen LogP contribution is -2.30. The van der Waals surface area contributed by atoms with Gasteiger partial charge in [0.15, 0.2) is 6.10 Å². The van der Waals surface area contributed by atoms with E-state index in [4.69, 9.17) is 14.2 Å². The number of allylic oxidation sites excluding steroid dienone is 20. The van der Waals surface area contributed by atoms with Crippen molar-refractivity contribution in [2.24, 2.45) is 0 Å². The van der Waals surface area contributed by atoms with E-state index in [1.165, 1.54) is 89.9 Å². The molecule has 0 fully saturated rings. The molecule has 420 valence electrons. The van der Waals surface area contributed by atoms with Gasteiger partial charge < -0.3 is 14.2 Å². The molecule has 0 spiro atoms. The van der Waals surface area contributed by atoms with Crippen molar-refractivity contribution in [3.63, 3.8) is 0 Å². The van der Waals surface area contributed by atoms with Crippen molar-refractivity contribution in [2.45, 2.75) is 277 Å². The first-order valence-corrected chi connectivity index (χ1v) is 30.5. The lowest BCUT2D eigenvalue weighted by molar-refractivity contribution is -0.167. The summed E-state index contributed by atoms with van der Waals surface area (Å²) in [6, 6.07) is 0. The average molecular weight is 1030 g/mol. The van der Waals surface area contributed by atoms with Gasteiger partial charge in [0.1, 0.15) is 13.2 Å². The van der Waals surface area contributed by atoms with E-state index in [-0.39, 0.29) is 31.1 Å². The smallest absolute Gasteiger partial charge is 0.306 e. The van der Waals surface area contributed by atoms with Gasteiger partial charge >= 0.3 is 17.9 Å². The Morgan fingerprint density at radius 2 is 0.527 bits per heavy atom. The van der Waals surface area contributed by atoms with E-state index in [2.05, 4.69) is 142 Å². The van der Waals surface area contributed by atoms with Gasteiger partial charge in [-0.2, -0.15) is 0 Å². The van der Waals surface area contributed by atoms with Crippen LogP contribution in [0.4, 0.5) is 0 Å². The van der Waals surface area contributed by atoms with E-state index in [0.29, 0.717) is 19.3 Å². The first-order chi connectivity index (χ1) is 36.5. The Morgan fingerprint density at radius 1 is 0.284 bits per heavy atom. The van der Waals surface area contributed by atoms with Crippen molar-refractivity contribution in [1.82, 2.24) is 0 Å². The van der Waals surface area contributed by atoms with Crippen LogP contribution in [-0.4, -0.2) is 37.2 Å². The van der Waals surface area contributed by atoms with E-state index < -0.39 is 6.10 Å². The van der Waals surface area contributed by atoms with Gasteiger partial charge in [-0.1, -0.05) is 264 Å². The molecule has 0 aliphatic carbocycles. The molecule has 0 aromatic rings. The lowest BCUT2D eigenvalue weighted by Gasteiger charge is -2.18. The van der Waals surface area contributed by atoms with Gasteiger partial charge in [-0.25, -0.2) is 0 Å². The van der Waals surface area contributed by atoms with Crippen LogP contribution in [0.3, 0.4) is 0 Å². The van der Waals surface area contributed by atoms with E-state index in [0.717, 1.165) is 141 Å². The van der Waals surface area contributed by atoms with E-state index in [1.807, 2.05) is 0 Å². The summed E-state index contributed by atoms with van der Waals surface area (Å²) in [5, 5.41) is 0. The Kier molecular flexibility index (Phi) is 57.9. The molecule has 0 aromatic carbocycles. The largest absolute Gasteiger partial charge is 0.462 e.